The molecule has 6 atom stereocenters. The molecule has 2 aliphatic carbocycles. The van der Waals surface area contributed by atoms with E-state index in [9.17, 15) is 39.9 Å². The van der Waals surface area contributed by atoms with Gasteiger partial charge in [-0.25, -0.2) is 4.79 Å². The van der Waals surface area contributed by atoms with Gasteiger partial charge < -0.3 is 39.7 Å². The number of fused-ring (bicyclic) bond motifs is 3. The van der Waals surface area contributed by atoms with Gasteiger partial charge in [0.2, 0.25) is 5.78 Å². The van der Waals surface area contributed by atoms with Crippen LogP contribution >= 0.6 is 0 Å². The van der Waals surface area contributed by atoms with E-state index < -0.39 is 89.2 Å². The number of carbonyl (C=O) groups excluding carboxylic acids is 2. The minimum absolute atomic E-state index is 0.0680. The van der Waals surface area contributed by atoms with Gasteiger partial charge in [0.05, 0.1) is 48.2 Å². The van der Waals surface area contributed by atoms with Crippen molar-refractivity contribution in [1.29, 1.82) is 0 Å². The lowest BCUT2D eigenvalue weighted by atomic mass is 9.73. The number of benzene rings is 2. The average molecular weight is 555 g/mol. The van der Waals surface area contributed by atoms with Crippen LogP contribution in [0.5, 0.6) is 17.2 Å². The van der Waals surface area contributed by atoms with Gasteiger partial charge in [-0.1, -0.05) is 17.2 Å². The number of rotatable bonds is 5. The third kappa shape index (κ3) is 4.05. The molecule has 0 bridgehead atoms. The monoisotopic (exact) mass is 555 g/mol. The summed E-state index contributed by atoms with van der Waals surface area (Å²) in [5.41, 5.74) is 4.60. The van der Waals surface area contributed by atoms with Crippen molar-refractivity contribution in [3.05, 3.63) is 62.0 Å². The second kappa shape index (κ2) is 9.77. The predicted octanol–water partition coefficient (Wildman–Crippen LogP) is 1.88. The first-order chi connectivity index (χ1) is 18.9. The Bertz CT molecular complexity index is 1500. The van der Waals surface area contributed by atoms with Gasteiger partial charge in [0.15, 0.2) is 17.7 Å². The number of carboxylic acids is 1. The van der Waals surface area contributed by atoms with Crippen LogP contribution in [0.25, 0.3) is 10.4 Å². The number of aliphatic hydroxyl groups excluding tert-OH is 1. The molecule has 0 spiro atoms. The van der Waals surface area contributed by atoms with Crippen molar-refractivity contribution >= 4 is 17.5 Å². The van der Waals surface area contributed by atoms with Gasteiger partial charge >= 0.3 is 5.97 Å². The summed E-state index contributed by atoms with van der Waals surface area (Å²) in [7, 11) is 1.30. The number of hydrogen-bond donors (Lipinski definition) is 5. The van der Waals surface area contributed by atoms with E-state index >= 15 is 0 Å². The maximum absolute atomic E-state index is 13.6. The molecule has 5 rings (SSSR count). The number of phenolic OH excluding ortho intramolecular Hbond substituents is 2. The number of azide groups is 1. The summed E-state index contributed by atoms with van der Waals surface area (Å²) in [5, 5.41) is 57.4. The van der Waals surface area contributed by atoms with Gasteiger partial charge in [-0.3, -0.25) is 9.59 Å². The summed E-state index contributed by atoms with van der Waals surface area (Å²) >= 11 is 0. The number of methoxy groups -OCH3 is 1. The molecule has 1 heterocycles. The Morgan fingerprint density at radius 1 is 1.18 bits per heavy atom. The Labute approximate surface area is 226 Å². The zero-order chi connectivity index (χ0) is 29.1. The van der Waals surface area contributed by atoms with Crippen LogP contribution in [0.4, 0.5) is 0 Å². The van der Waals surface area contributed by atoms with Gasteiger partial charge in [0.25, 0.3) is 0 Å². The lowest BCUT2D eigenvalue weighted by molar-refractivity contribution is -0.248. The van der Waals surface area contributed by atoms with Crippen molar-refractivity contribution in [2.75, 3.05) is 7.11 Å². The van der Waals surface area contributed by atoms with E-state index in [0.29, 0.717) is 0 Å². The number of aromatic hydroxyl groups is 2. The van der Waals surface area contributed by atoms with Crippen LogP contribution < -0.4 is 4.74 Å². The van der Waals surface area contributed by atoms with E-state index in [-0.39, 0.29) is 34.4 Å². The first-order valence-electron chi connectivity index (χ1n) is 12.3. The molecule has 1 saturated heterocycles. The predicted molar refractivity (Wildman–Crippen MR) is 132 cm³/mol. The highest BCUT2D eigenvalue weighted by Gasteiger charge is 2.50. The number of aliphatic hydroxyl groups is 2. The number of hydrogen-bond acceptors (Lipinski definition) is 11. The van der Waals surface area contributed by atoms with Gasteiger partial charge in [-0.2, -0.15) is 0 Å². The summed E-state index contributed by atoms with van der Waals surface area (Å²) in [4.78, 5) is 41.9. The van der Waals surface area contributed by atoms with E-state index in [1.807, 2.05) is 0 Å². The van der Waals surface area contributed by atoms with Crippen molar-refractivity contribution in [2.45, 2.75) is 62.4 Å². The highest BCUT2D eigenvalue weighted by molar-refractivity contribution is 6.31. The smallest absolute Gasteiger partial charge is 0.336 e. The van der Waals surface area contributed by atoms with Crippen molar-refractivity contribution in [3.8, 4) is 17.2 Å². The molecule has 0 aromatic heterocycles. The fourth-order valence-electron chi connectivity index (χ4n) is 5.68. The molecular weight excluding hydrogens is 530 g/mol. The molecule has 40 heavy (non-hydrogen) atoms. The second-order valence-corrected chi connectivity index (χ2v) is 9.99. The van der Waals surface area contributed by atoms with Crippen LogP contribution in [-0.2, 0) is 20.7 Å². The normalized spacial score (nSPS) is 29.1. The lowest BCUT2D eigenvalue weighted by Crippen LogP contribution is -2.49. The largest absolute Gasteiger partial charge is 0.507 e. The number of ether oxygens (including phenoxy) is 3. The topological polar surface area (TPSA) is 229 Å². The average Bonchev–Trinajstić information content (AvgIpc) is 2.91. The molecule has 14 heteroatoms. The molecule has 14 nitrogen and oxygen atoms in total. The SMILES string of the molecule is COc1cccc2c1C(=O)c1c(O)c3c(c(O)c1C2=O)C[C@@](O)(C(=O)O)C[C@@H]3O[C@H]1C[C@H](N=[N+]=[N-])[C@H](O)[C@H](C)O1. The maximum Gasteiger partial charge on any atom is 0.336 e. The Kier molecular flexibility index (Phi) is 6.68. The van der Waals surface area contributed by atoms with Crippen LogP contribution in [0.1, 0.15) is 68.8 Å². The van der Waals surface area contributed by atoms with E-state index in [1.54, 1.807) is 0 Å². The number of phenols is 2. The van der Waals surface area contributed by atoms with Crippen molar-refractivity contribution in [3.63, 3.8) is 0 Å². The van der Waals surface area contributed by atoms with E-state index in [0.717, 1.165) is 0 Å². The zero-order valence-electron chi connectivity index (χ0n) is 21.3. The van der Waals surface area contributed by atoms with E-state index in [2.05, 4.69) is 10.0 Å². The standard InChI is InChI=1S/C26H25N3O11/c1-9-20(30)12(28-29-27)6-15(39-9)40-14-8-26(37,25(35)36)7-11-17(14)24(34)19-18(22(11)32)21(31)10-4-3-5-13(38-2)16(10)23(19)33/h3-5,9,12,14-15,20,30,32,34,37H,6-8H2,1-2H3,(H,35,36)/t9-,12-,14-,15-,20+,26-/m0/s1. The van der Waals surface area contributed by atoms with Gasteiger partial charge in [0, 0.05) is 40.9 Å². The quantitative estimate of drug-likeness (QED) is 0.132. The van der Waals surface area contributed by atoms with E-state index in [1.165, 1.54) is 32.2 Å². The molecule has 1 fully saturated rings. The minimum Gasteiger partial charge on any atom is -0.507 e. The van der Waals surface area contributed by atoms with Crippen molar-refractivity contribution < 1.29 is 54.1 Å². The Hall–Kier alpha value is -4.20. The molecular formula is C26H25N3O11. The summed E-state index contributed by atoms with van der Waals surface area (Å²) in [6.07, 6.45) is -6.21. The number of ketones is 2. The van der Waals surface area contributed by atoms with Gasteiger partial charge in [-0.05, 0) is 18.5 Å². The second-order valence-electron chi connectivity index (χ2n) is 9.99. The first-order valence-corrected chi connectivity index (χ1v) is 12.3. The number of carbonyl (C=O) groups is 3. The van der Waals surface area contributed by atoms with Crippen molar-refractivity contribution in [1.82, 2.24) is 0 Å². The maximum atomic E-state index is 13.6. The molecule has 5 N–H and O–H groups in total. The summed E-state index contributed by atoms with van der Waals surface area (Å²) in [6.45, 7) is 1.50. The fraction of sp³-hybridized carbons (Fsp3) is 0.423. The highest BCUT2D eigenvalue weighted by Crippen LogP contribution is 2.52. The van der Waals surface area contributed by atoms with Crippen LogP contribution in [-0.4, -0.2) is 80.3 Å². The Morgan fingerprint density at radius 3 is 2.52 bits per heavy atom. The van der Waals surface area contributed by atoms with Gasteiger partial charge in [-0.15, -0.1) is 0 Å². The first kappa shape index (κ1) is 27.4. The van der Waals surface area contributed by atoms with E-state index in [4.69, 9.17) is 19.7 Å². The molecule has 2 aromatic rings. The summed E-state index contributed by atoms with van der Waals surface area (Å²) < 4.78 is 16.9. The molecule has 0 saturated carbocycles. The minimum atomic E-state index is -2.50. The fourth-order valence-corrected chi connectivity index (χ4v) is 5.68. The molecule has 1 aliphatic heterocycles. The summed E-state index contributed by atoms with van der Waals surface area (Å²) in [5.74, 6) is -4.71. The number of nitrogens with zero attached hydrogens (tertiary/aromatic N) is 3. The Balaban J connectivity index is 1.67. The van der Waals surface area contributed by atoms with Gasteiger partial charge in [0.1, 0.15) is 17.2 Å². The molecule has 0 amide bonds. The molecule has 0 radical (unpaired) electrons. The third-order valence-corrected chi connectivity index (χ3v) is 7.67. The molecule has 0 unspecified atom stereocenters. The zero-order valence-corrected chi connectivity index (χ0v) is 21.3. The molecule has 210 valence electrons. The third-order valence-electron chi connectivity index (χ3n) is 7.67. The van der Waals surface area contributed by atoms with Crippen LogP contribution in [0.15, 0.2) is 23.3 Å². The molecule has 2 aromatic carbocycles. The highest BCUT2D eigenvalue weighted by atomic mass is 16.7. The molecule has 3 aliphatic rings. The summed E-state index contributed by atoms with van der Waals surface area (Å²) in [6, 6.07) is 3.32. The number of carboxylic acid groups (broad SMARTS) is 1. The van der Waals surface area contributed by atoms with Crippen LogP contribution in [0, 0.1) is 0 Å². The van der Waals surface area contributed by atoms with Crippen molar-refractivity contribution in [2.24, 2.45) is 5.11 Å². The lowest BCUT2D eigenvalue weighted by Gasteiger charge is -2.41. The van der Waals surface area contributed by atoms with Crippen LogP contribution in [0.2, 0.25) is 0 Å². The van der Waals surface area contributed by atoms with Crippen LogP contribution in [0.3, 0.4) is 0 Å². The number of aliphatic carboxylic acids is 1. The Morgan fingerprint density at radius 2 is 1.88 bits per heavy atom.